The highest BCUT2D eigenvalue weighted by atomic mass is 32.1. The third-order valence-corrected chi connectivity index (χ3v) is 6.09. The molecule has 2 aliphatic rings. The van der Waals surface area contributed by atoms with Crippen LogP contribution in [-0.4, -0.2) is 49.9 Å². The number of piperazine rings is 1. The molecule has 1 aromatic rings. The molecule has 1 aliphatic carbocycles. The zero-order valence-corrected chi connectivity index (χ0v) is 15.0. The van der Waals surface area contributed by atoms with Crippen LogP contribution in [-0.2, 0) is 17.6 Å². The summed E-state index contributed by atoms with van der Waals surface area (Å²) in [4.78, 5) is 29.4. The molecule has 1 aromatic heterocycles. The van der Waals surface area contributed by atoms with Crippen molar-refractivity contribution in [1.82, 2.24) is 4.90 Å². The van der Waals surface area contributed by atoms with E-state index in [1.165, 1.54) is 22.3 Å². The number of amides is 2. The average molecular weight is 336 g/mol. The maximum atomic E-state index is 13.1. The maximum absolute atomic E-state index is 13.1. The predicted molar refractivity (Wildman–Crippen MR) is 92.3 cm³/mol. The number of nitrogens with one attached hydrogen (secondary N) is 2. The summed E-state index contributed by atoms with van der Waals surface area (Å²) in [6.45, 7) is 7.34. The molecule has 0 saturated carbocycles. The lowest BCUT2D eigenvalue weighted by Crippen LogP contribution is -3.12. The van der Waals surface area contributed by atoms with E-state index in [4.69, 9.17) is 0 Å². The Kier molecular flexibility index (Phi) is 4.73. The van der Waals surface area contributed by atoms with Gasteiger partial charge in [0.25, 0.3) is 5.91 Å². The summed E-state index contributed by atoms with van der Waals surface area (Å²) in [5, 5.41) is 3.66. The third kappa shape index (κ3) is 3.43. The van der Waals surface area contributed by atoms with E-state index in [2.05, 4.69) is 19.3 Å². The van der Waals surface area contributed by atoms with Gasteiger partial charge in [-0.2, -0.15) is 0 Å². The molecule has 3 rings (SSSR count). The molecule has 0 aromatic carbocycles. The molecule has 0 radical (unpaired) electrons. The van der Waals surface area contributed by atoms with Gasteiger partial charge in [0.15, 0.2) is 0 Å². The Morgan fingerprint density at radius 3 is 2.65 bits per heavy atom. The molecule has 6 heteroatoms. The van der Waals surface area contributed by atoms with Gasteiger partial charge in [-0.25, -0.2) is 0 Å². The first-order chi connectivity index (χ1) is 11.0. The summed E-state index contributed by atoms with van der Waals surface area (Å²) in [7, 11) is 2.17. The van der Waals surface area contributed by atoms with Crippen molar-refractivity contribution in [2.24, 2.45) is 5.92 Å². The number of hydrogen-bond acceptors (Lipinski definition) is 3. The second-order valence-corrected chi connectivity index (χ2v) is 8.09. The Labute approximate surface area is 141 Å². The number of carbonyl (C=O) groups excluding carboxylic acids is 2. The van der Waals surface area contributed by atoms with Gasteiger partial charge in [-0.05, 0) is 30.7 Å². The van der Waals surface area contributed by atoms with Gasteiger partial charge in [0.05, 0.1) is 38.8 Å². The summed E-state index contributed by atoms with van der Waals surface area (Å²) >= 11 is 1.60. The number of thiophene rings is 1. The monoisotopic (exact) mass is 336 g/mol. The standard InChI is InChI=1S/C17H25N3O2S/c1-11-4-5-13-14(10-11)23-16(18-12(2)21)15(13)17(22)20-8-6-19(3)7-9-20/h11H,4-10H2,1-3H3,(H,18,21)/p+1. The lowest BCUT2D eigenvalue weighted by Gasteiger charge is -2.30. The number of likely N-dealkylation sites (N-methyl/N-ethyl adjacent to an activating group) is 1. The molecule has 5 nitrogen and oxygen atoms in total. The molecule has 1 saturated heterocycles. The van der Waals surface area contributed by atoms with E-state index < -0.39 is 0 Å². The van der Waals surface area contributed by atoms with Gasteiger partial charge in [-0.3, -0.25) is 9.59 Å². The maximum Gasteiger partial charge on any atom is 0.257 e. The van der Waals surface area contributed by atoms with Crippen molar-refractivity contribution in [3.63, 3.8) is 0 Å². The van der Waals surface area contributed by atoms with Crippen molar-refractivity contribution < 1.29 is 14.5 Å². The quantitative estimate of drug-likeness (QED) is 0.839. The zero-order valence-electron chi connectivity index (χ0n) is 14.2. The van der Waals surface area contributed by atoms with Gasteiger partial charge in [-0.15, -0.1) is 11.3 Å². The summed E-state index contributed by atoms with van der Waals surface area (Å²) in [6, 6.07) is 0. The number of anilines is 1. The van der Waals surface area contributed by atoms with Crippen LogP contribution in [0.3, 0.4) is 0 Å². The molecule has 2 N–H and O–H groups in total. The van der Waals surface area contributed by atoms with Crippen LogP contribution in [0.1, 0.15) is 41.1 Å². The topological polar surface area (TPSA) is 53.9 Å². The third-order valence-electron chi connectivity index (χ3n) is 4.92. The van der Waals surface area contributed by atoms with Crippen molar-refractivity contribution in [3.05, 3.63) is 16.0 Å². The van der Waals surface area contributed by atoms with Crippen LogP contribution in [0.4, 0.5) is 5.00 Å². The Morgan fingerprint density at radius 2 is 2.00 bits per heavy atom. The number of quaternary nitrogens is 1. The SMILES string of the molecule is CC(=O)Nc1sc2c(c1C(=O)N1CC[NH+](C)CC1)CCC(C)C2. The van der Waals surface area contributed by atoms with Crippen LogP contribution < -0.4 is 10.2 Å². The minimum atomic E-state index is -0.103. The minimum absolute atomic E-state index is 0.103. The van der Waals surface area contributed by atoms with Gasteiger partial charge in [0.2, 0.25) is 5.91 Å². The molecule has 1 atom stereocenters. The number of carbonyl (C=O) groups is 2. The van der Waals surface area contributed by atoms with Gasteiger partial charge in [-0.1, -0.05) is 6.92 Å². The number of fused-ring (bicyclic) bond motifs is 1. The normalized spacial score (nSPS) is 21.9. The highest BCUT2D eigenvalue weighted by Gasteiger charge is 2.32. The Morgan fingerprint density at radius 1 is 1.30 bits per heavy atom. The summed E-state index contributed by atoms with van der Waals surface area (Å²) < 4.78 is 0. The van der Waals surface area contributed by atoms with Gasteiger partial charge in [0.1, 0.15) is 5.00 Å². The lowest BCUT2D eigenvalue weighted by molar-refractivity contribution is -0.883. The number of rotatable bonds is 2. The largest absolute Gasteiger partial charge is 0.334 e. The van der Waals surface area contributed by atoms with Crippen LogP contribution in [0.25, 0.3) is 0 Å². The highest BCUT2D eigenvalue weighted by Crippen LogP contribution is 2.40. The molecule has 1 fully saturated rings. The predicted octanol–water partition coefficient (Wildman–Crippen LogP) is 0.802. The van der Waals surface area contributed by atoms with Gasteiger partial charge < -0.3 is 15.1 Å². The minimum Gasteiger partial charge on any atom is -0.334 e. The fourth-order valence-corrected chi connectivity index (χ4v) is 4.92. The van der Waals surface area contributed by atoms with E-state index in [0.717, 1.165) is 56.0 Å². The van der Waals surface area contributed by atoms with Crippen LogP contribution in [0.15, 0.2) is 0 Å². The smallest absolute Gasteiger partial charge is 0.257 e. The molecule has 2 amide bonds. The number of hydrogen-bond donors (Lipinski definition) is 2. The summed E-state index contributed by atoms with van der Waals surface area (Å²) in [6.07, 6.45) is 3.09. The molecule has 0 bridgehead atoms. The molecule has 23 heavy (non-hydrogen) atoms. The van der Waals surface area contributed by atoms with Gasteiger partial charge >= 0.3 is 0 Å². The second kappa shape index (κ2) is 6.61. The van der Waals surface area contributed by atoms with Crippen molar-refractivity contribution in [3.8, 4) is 0 Å². The highest BCUT2D eigenvalue weighted by molar-refractivity contribution is 7.17. The van der Waals surface area contributed by atoms with E-state index in [-0.39, 0.29) is 11.8 Å². The van der Waals surface area contributed by atoms with Crippen molar-refractivity contribution in [2.45, 2.75) is 33.1 Å². The second-order valence-electron chi connectivity index (χ2n) is 6.99. The molecule has 2 heterocycles. The first-order valence-corrected chi connectivity index (χ1v) is 9.30. The molecular formula is C17H26N3O2S+. The van der Waals surface area contributed by atoms with Crippen LogP contribution in [0.2, 0.25) is 0 Å². The summed E-state index contributed by atoms with van der Waals surface area (Å²) in [5.74, 6) is 0.656. The fourth-order valence-electron chi connectivity index (χ4n) is 3.47. The van der Waals surface area contributed by atoms with E-state index in [1.54, 1.807) is 11.3 Å². The molecule has 0 spiro atoms. The van der Waals surface area contributed by atoms with Crippen LogP contribution in [0.5, 0.6) is 0 Å². The van der Waals surface area contributed by atoms with E-state index >= 15 is 0 Å². The van der Waals surface area contributed by atoms with E-state index in [0.29, 0.717) is 5.92 Å². The van der Waals surface area contributed by atoms with Crippen LogP contribution >= 0.6 is 11.3 Å². The first-order valence-electron chi connectivity index (χ1n) is 8.48. The Bertz CT molecular complexity index is 618. The van der Waals surface area contributed by atoms with E-state index in [1.807, 2.05) is 4.90 Å². The Balaban J connectivity index is 1.92. The zero-order chi connectivity index (χ0) is 16.6. The van der Waals surface area contributed by atoms with Crippen molar-refractivity contribution >= 4 is 28.2 Å². The summed E-state index contributed by atoms with van der Waals surface area (Å²) in [5.41, 5.74) is 1.96. The van der Waals surface area contributed by atoms with Crippen LogP contribution in [0, 0.1) is 5.92 Å². The number of nitrogens with zero attached hydrogens (tertiary/aromatic N) is 1. The Hall–Kier alpha value is -1.40. The van der Waals surface area contributed by atoms with E-state index in [9.17, 15) is 9.59 Å². The molecule has 1 aliphatic heterocycles. The van der Waals surface area contributed by atoms with Gasteiger partial charge in [0, 0.05) is 11.8 Å². The lowest BCUT2D eigenvalue weighted by atomic mass is 9.88. The van der Waals surface area contributed by atoms with Crippen molar-refractivity contribution in [1.29, 1.82) is 0 Å². The van der Waals surface area contributed by atoms with Crippen molar-refractivity contribution in [2.75, 3.05) is 38.5 Å². The molecule has 126 valence electrons. The molecular weight excluding hydrogens is 310 g/mol. The first kappa shape index (κ1) is 16.5. The average Bonchev–Trinajstić information content (AvgIpc) is 2.83. The molecule has 1 unspecified atom stereocenters. The fraction of sp³-hybridized carbons (Fsp3) is 0.647.